The van der Waals surface area contributed by atoms with Gasteiger partial charge in [0.05, 0.1) is 6.42 Å². The van der Waals surface area contributed by atoms with Crippen molar-refractivity contribution in [2.45, 2.75) is 33.3 Å². The lowest BCUT2D eigenvalue weighted by Crippen LogP contribution is -2.32. The van der Waals surface area contributed by atoms with Crippen molar-refractivity contribution in [2.24, 2.45) is 0 Å². The number of rotatable bonds is 6. The zero-order chi connectivity index (χ0) is 14.4. The number of carboxylic acid groups (broad SMARTS) is 1. The molecule has 5 heteroatoms. The third-order valence-corrected chi connectivity index (χ3v) is 2.44. The van der Waals surface area contributed by atoms with E-state index >= 15 is 0 Å². The van der Waals surface area contributed by atoms with Gasteiger partial charge in [-0.05, 0) is 44.0 Å². The van der Waals surface area contributed by atoms with Crippen LogP contribution < -0.4 is 10.1 Å². The van der Waals surface area contributed by atoms with Crippen LogP contribution in [0.2, 0.25) is 0 Å². The minimum Gasteiger partial charge on any atom is -0.490 e. The normalized spacial score (nSPS) is 11.7. The predicted molar refractivity (Wildman–Crippen MR) is 71.3 cm³/mol. The summed E-state index contributed by atoms with van der Waals surface area (Å²) >= 11 is 0. The Morgan fingerprint density at radius 3 is 2.37 bits per heavy atom. The molecular formula is C14H19NO4. The molecule has 1 aromatic rings. The van der Waals surface area contributed by atoms with Crippen molar-refractivity contribution in [3.63, 3.8) is 0 Å². The van der Waals surface area contributed by atoms with E-state index in [1.165, 1.54) is 0 Å². The molecule has 0 aliphatic heterocycles. The fourth-order valence-corrected chi connectivity index (χ4v) is 1.78. The lowest BCUT2D eigenvalue weighted by Gasteiger charge is -2.15. The highest BCUT2D eigenvalue weighted by Crippen LogP contribution is 2.18. The van der Waals surface area contributed by atoms with Crippen molar-refractivity contribution < 1.29 is 19.4 Å². The number of hydrogen-bond acceptors (Lipinski definition) is 3. The first-order valence-electron chi connectivity index (χ1n) is 6.10. The topological polar surface area (TPSA) is 75.6 Å². The Bertz CT molecular complexity index is 450. The van der Waals surface area contributed by atoms with Crippen LogP contribution >= 0.6 is 0 Å². The maximum atomic E-state index is 11.4. The van der Waals surface area contributed by atoms with Crippen LogP contribution in [0.25, 0.3) is 0 Å². The largest absolute Gasteiger partial charge is 0.490 e. The first kappa shape index (κ1) is 15.0. The second-order valence-electron chi connectivity index (χ2n) is 4.63. The number of carboxylic acids is 1. The van der Waals surface area contributed by atoms with E-state index in [1.54, 1.807) is 6.92 Å². The van der Waals surface area contributed by atoms with Crippen LogP contribution in [0.5, 0.6) is 5.75 Å². The molecule has 1 aromatic carbocycles. The molecule has 104 valence electrons. The summed E-state index contributed by atoms with van der Waals surface area (Å²) < 4.78 is 5.65. The van der Waals surface area contributed by atoms with Gasteiger partial charge in [-0.2, -0.15) is 0 Å². The van der Waals surface area contributed by atoms with Crippen LogP contribution in [0.3, 0.4) is 0 Å². The molecule has 1 rings (SSSR count). The Balaban J connectivity index is 2.48. The highest BCUT2D eigenvalue weighted by molar-refractivity contribution is 5.81. The maximum Gasteiger partial charge on any atom is 0.322 e. The SMILES string of the molecule is Cc1cc(C)cc(OC(C)CC(=O)NCC(=O)O)c1. The summed E-state index contributed by atoms with van der Waals surface area (Å²) in [4.78, 5) is 21.7. The first-order valence-corrected chi connectivity index (χ1v) is 6.10. The average molecular weight is 265 g/mol. The van der Waals surface area contributed by atoms with Gasteiger partial charge in [-0.1, -0.05) is 6.07 Å². The van der Waals surface area contributed by atoms with Gasteiger partial charge >= 0.3 is 5.97 Å². The van der Waals surface area contributed by atoms with Gasteiger partial charge in [0.2, 0.25) is 5.91 Å². The van der Waals surface area contributed by atoms with Gasteiger partial charge in [-0.3, -0.25) is 9.59 Å². The molecule has 0 aromatic heterocycles. The number of aliphatic carboxylic acids is 1. The van der Waals surface area contributed by atoms with E-state index in [-0.39, 0.29) is 25.0 Å². The number of hydrogen-bond donors (Lipinski definition) is 2. The molecule has 0 spiro atoms. The number of amides is 1. The first-order chi connectivity index (χ1) is 8.86. The fourth-order valence-electron chi connectivity index (χ4n) is 1.78. The summed E-state index contributed by atoms with van der Waals surface area (Å²) in [5.41, 5.74) is 2.19. The van der Waals surface area contributed by atoms with Gasteiger partial charge in [0, 0.05) is 0 Å². The van der Waals surface area contributed by atoms with Gasteiger partial charge in [0.1, 0.15) is 18.4 Å². The number of carbonyl (C=O) groups is 2. The lowest BCUT2D eigenvalue weighted by atomic mass is 10.1. The second kappa shape index (κ2) is 6.78. The molecule has 0 saturated carbocycles. The third-order valence-electron chi connectivity index (χ3n) is 2.44. The van der Waals surface area contributed by atoms with Crippen molar-refractivity contribution >= 4 is 11.9 Å². The number of carbonyl (C=O) groups excluding carboxylic acids is 1. The van der Waals surface area contributed by atoms with Crippen molar-refractivity contribution in [1.82, 2.24) is 5.32 Å². The van der Waals surface area contributed by atoms with Crippen LogP contribution in [-0.4, -0.2) is 29.6 Å². The van der Waals surface area contributed by atoms with Crippen LogP contribution in [0.1, 0.15) is 24.5 Å². The summed E-state index contributed by atoms with van der Waals surface area (Å²) in [6.45, 7) is 5.36. The molecule has 0 saturated heterocycles. The predicted octanol–water partition coefficient (Wildman–Crippen LogP) is 1.66. The van der Waals surface area contributed by atoms with Gasteiger partial charge in [0.15, 0.2) is 0 Å². The molecule has 19 heavy (non-hydrogen) atoms. The smallest absolute Gasteiger partial charge is 0.322 e. The zero-order valence-corrected chi connectivity index (χ0v) is 11.4. The summed E-state index contributed by atoms with van der Waals surface area (Å²) in [5.74, 6) is -0.675. The zero-order valence-electron chi connectivity index (χ0n) is 11.4. The molecule has 1 amide bonds. The van der Waals surface area contributed by atoms with Crippen molar-refractivity contribution in [1.29, 1.82) is 0 Å². The molecule has 2 N–H and O–H groups in total. The Kier molecular flexibility index (Phi) is 5.36. The molecule has 0 aliphatic rings. The minimum atomic E-state index is -1.06. The number of nitrogens with one attached hydrogen (secondary N) is 1. The molecule has 1 atom stereocenters. The van der Waals surface area contributed by atoms with Crippen molar-refractivity contribution in [3.05, 3.63) is 29.3 Å². The Morgan fingerprint density at radius 2 is 1.84 bits per heavy atom. The molecule has 1 unspecified atom stereocenters. The van der Waals surface area contributed by atoms with E-state index in [9.17, 15) is 9.59 Å². The highest BCUT2D eigenvalue weighted by Gasteiger charge is 2.11. The molecule has 0 fully saturated rings. The van der Waals surface area contributed by atoms with E-state index in [2.05, 4.69) is 5.32 Å². The van der Waals surface area contributed by atoms with Gasteiger partial charge in [-0.15, -0.1) is 0 Å². The molecule has 0 bridgehead atoms. The molecule has 0 aliphatic carbocycles. The average Bonchev–Trinajstić information content (AvgIpc) is 2.24. The fraction of sp³-hybridized carbons (Fsp3) is 0.429. The van der Waals surface area contributed by atoms with Gasteiger partial charge < -0.3 is 15.2 Å². The Morgan fingerprint density at radius 1 is 1.26 bits per heavy atom. The van der Waals surface area contributed by atoms with E-state index in [4.69, 9.17) is 9.84 Å². The Hall–Kier alpha value is -2.04. The Labute approximate surface area is 112 Å². The second-order valence-corrected chi connectivity index (χ2v) is 4.63. The molecule has 0 radical (unpaired) electrons. The van der Waals surface area contributed by atoms with Gasteiger partial charge in [0.25, 0.3) is 0 Å². The van der Waals surface area contributed by atoms with Crippen LogP contribution in [0.4, 0.5) is 0 Å². The van der Waals surface area contributed by atoms with Crippen LogP contribution in [0, 0.1) is 13.8 Å². The van der Waals surface area contributed by atoms with Crippen molar-refractivity contribution in [2.75, 3.05) is 6.54 Å². The monoisotopic (exact) mass is 265 g/mol. The summed E-state index contributed by atoms with van der Waals surface area (Å²) in [5, 5.41) is 10.7. The van der Waals surface area contributed by atoms with E-state index in [0.717, 1.165) is 16.9 Å². The lowest BCUT2D eigenvalue weighted by molar-refractivity contribution is -0.138. The van der Waals surface area contributed by atoms with E-state index in [0.29, 0.717) is 0 Å². The molecular weight excluding hydrogens is 246 g/mol. The number of benzene rings is 1. The quantitative estimate of drug-likeness (QED) is 0.820. The van der Waals surface area contributed by atoms with E-state index in [1.807, 2.05) is 32.0 Å². The minimum absolute atomic E-state index is 0.125. The summed E-state index contributed by atoms with van der Waals surface area (Å²) in [6, 6.07) is 5.84. The summed E-state index contributed by atoms with van der Waals surface area (Å²) in [7, 11) is 0. The number of ether oxygens (including phenoxy) is 1. The standard InChI is InChI=1S/C14H19NO4/c1-9-4-10(2)6-12(5-9)19-11(3)7-13(16)15-8-14(17)18/h4-6,11H,7-8H2,1-3H3,(H,15,16)(H,17,18). The van der Waals surface area contributed by atoms with Crippen LogP contribution in [0.15, 0.2) is 18.2 Å². The van der Waals surface area contributed by atoms with Gasteiger partial charge in [-0.25, -0.2) is 0 Å². The molecule has 0 heterocycles. The third kappa shape index (κ3) is 5.90. The molecule has 5 nitrogen and oxygen atoms in total. The van der Waals surface area contributed by atoms with Crippen molar-refractivity contribution in [3.8, 4) is 5.75 Å². The highest BCUT2D eigenvalue weighted by atomic mass is 16.5. The van der Waals surface area contributed by atoms with E-state index < -0.39 is 5.97 Å². The number of aryl methyl sites for hydroxylation is 2. The maximum absolute atomic E-state index is 11.4. The van der Waals surface area contributed by atoms with Crippen LogP contribution in [-0.2, 0) is 9.59 Å². The summed E-state index contributed by atoms with van der Waals surface area (Å²) in [6.07, 6.45) is -0.185.